The van der Waals surface area contributed by atoms with Crippen LogP contribution in [0.15, 0.2) is 24.3 Å². The lowest BCUT2D eigenvalue weighted by atomic mass is 10.2. The van der Waals surface area contributed by atoms with Gasteiger partial charge in [-0.25, -0.2) is 0 Å². The minimum Gasteiger partial charge on any atom is -0.493 e. The molecule has 6 nitrogen and oxygen atoms in total. The van der Waals surface area contributed by atoms with Crippen LogP contribution in [0.4, 0.5) is 0 Å². The third kappa shape index (κ3) is 6.01. The van der Waals surface area contributed by atoms with E-state index in [1.807, 2.05) is 31.2 Å². The van der Waals surface area contributed by atoms with Crippen molar-refractivity contribution in [2.45, 2.75) is 25.6 Å². The van der Waals surface area contributed by atoms with Gasteiger partial charge in [0.1, 0.15) is 6.10 Å². The number of benzene rings is 1. The molecule has 0 bridgehead atoms. The van der Waals surface area contributed by atoms with E-state index in [9.17, 15) is 4.79 Å². The molecule has 6 heteroatoms. The molecule has 0 saturated carbocycles. The Morgan fingerprint density at radius 1 is 1.29 bits per heavy atom. The first-order valence-electron chi connectivity index (χ1n) is 6.90. The lowest BCUT2D eigenvalue weighted by Gasteiger charge is -2.18. The van der Waals surface area contributed by atoms with Gasteiger partial charge < -0.3 is 25.3 Å². The maximum atomic E-state index is 11.7. The van der Waals surface area contributed by atoms with Gasteiger partial charge in [-0.15, -0.1) is 0 Å². The molecule has 0 fully saturated rings. The molecule has 0 spiro atoms. The van der Waals surface area contributed by atoms with E-state index in [0.29, 0.717) is 24.6 Å². The van der Waals surface area contributed by atoms with Gasteiger partial charge in [-0.1, -0.05) is 12.1 Å². The normalized spacial score (nSPS) is 13.3. The Labute approximate surface area is 125 Å². The molecule has 0 heterocycles. The van der Waals surface area contributed by atoms with Crippen molar-refractivity contribution >= 4 is 5.91 Å². The molecule has 0 aliphatic rings. The van der Waals surface area contributed by atoms with Crippen LogP contribution in [0.25, 0.3) is 0 Å². The van der Waals surface area contributed by atoms with Crippen LogP contribution in [0.3, 0.4) is 0 Å². The Balaban J connectivity index is 2.40. The summed E-state index contributed by atoms with van der Waals surface area (Å²) in [7, 11) is 3.13. The molecule has 0 aromatic heterocycles. The van der Waals surface area contributed by atoms with E-state index in [0.717, 1.165) is 0 Å². The molecule has 0 aliphatic carbocycles. The Bertz CT molecular complexity index is 435. The molecule has 1 aromatic carbocycles. The Kier molecular flexibility index (Phi) is 7.56. The summed E-state index contributed by atoms with van der Waals surface area (Å²) in [4.78, 5) is 11.7. The quantitative estimate of drug-likeness (QED) is 0.709. The van der Waals surface area contributed by atoms with Crippen molar-refractivity contribution in [1.82, 2.24) is 5.32 Å². The summed E-state index contributed by atoms with van der Waals surface area (Å²) in [6.07, 6.45) is -0.187. The Morgan fingerprint density at radius 3 is 2.52 bits per heavy atom. The SMILES string of the molecule is COc1ccccc1OC(C)CNC(=O)CC(CN)OC. The standard InChI is InChI=1S/C15H24N2O4/c1-11(10-17-15(18)8-12(9-16)19-2)21-14-7-5-4-6-13(14)20-3/h4-7,11-12H,8-10,16H2,1-3H3,(H,17,18). The first-order chi connectivity index (χ1) is 10.1. The maximum Gasteiger partial charge on any atom is 0.222 e. The number of carbonyl (C=O) groups excluding carboxylic acids is 1. The first kappa shape index (κ1) is 17.3. The summed E-state index contributed by atoms with van der Waals surface area (Å²) < 4.78 is 16.0. The fraction of sp³-hybridized carbons (Fsp3) is 0.533. The second-order valence-electron chi connectivity index (χ2n) is 4.68. The van der Waals surface area contributed by atoms with Crippen molar-refractivity contribution in [3.05, 3.63) is 24.3 Å². The number of nitrogens with two attached hydrogens (primary N) is 1. The predicted molar refractivity (Wildman–Crippen MR) is 80.6 cm³/mol. The highest BCUT2D eigenvalue weighted by Crippen LogP contribution is 2.26. The monoisotopic (exact) mass is 296 g/mol. The third-order valence-electron chi connectivity index (χ3n) is 2.99. The Morgan fingerprint density at radius 2 is 1.95 bits per heavy atom. The molecule has 2 unspecified atom stereocenters. The third-order valence-corrected chi connectivity index (χ3v) is 2.99. The zero-order chi connectivity index (χ0) is 15.7. The van der Waals surface area contributed by atoms with E-state index in [-0.39, 0.29) is 24.5 Å². The van der Waals surface area contributed by atoms with Crippen molar-refractivity contribution in [3.63, 3.8) is 0 Å². The summed E-state index contributed by atoms with van der Waals surface area (Å²) in [5, 5.41) is 2.80. The van der Waals surface area contributed by atoms with Crippen molar-refractivity contribution < 1.29 is 19.0 Å². The highest BCUT2D eigenvalue weighted by molar-refractivity contribution is 5.76. The number of para-hydroxylation sites is 2. The Hall–Kier alpha value is -1.79. The maximum absolute atomic E-state index is 11.7. The average molecular weight is 296 g/mol. The summed E-state index contributed by atoms with van der Waals surface area (Å²) in [5.41, 5.74) is 5.48. The molecular weight excluding hydrogens is 272 g/mol. The predicted octanol–water partition coefficient (Wildman–Crippen LogP) is 0.943. The number of nitrogens with one attached hydrogen (secondary N) is 1. The van der Waals surface area contributed by atoms with Gasteiger partial charge in [-0.3, -0.25) is 4.79 Å². The van der Waals surface area contributed by atoms with E-state index < -0.39 is 0 Å². The fourth-order valence-electron chi connectivity index (χ4n) is 1.77. The molecule has 1 rings (SSSR count). The molecule has 1 aromatic rings. The van der Waals surface area contributed by atoms with Gasteiger partial charge in [0, 0.05) is 13.7 Å². The van der Waals surface area contributed by atoms with Crippen molar-refractivity contribution in [3.8, 4) is 11.5 Å². The van der Waals surface area contributed by atoms with Gasteiger partial charge in [0.15, 0.2) is 11.5 Å². The average Bonchev–Trinajstić information content (AvgIpc) is 2.51. The second kappa shape index (κ2) is 9.20. The smallest absolute Gasteiger partial charge is 0.222 e. The summed E-state index contributed by atoms with van der Waals surface area (Å²) in [5.74, 6) is 1.21. The second-order valence-corrected chi connectivity index (χ2v) is 4.68. The number of methoxy groups -OCH3 is 2. The topological polar surface area (TPSA) is 82.8 Å². The van der Waals surface area contributed by atoms with Crippen LogP contribution in [0.2, 0.25) is 0 Å². The van der Waals surface area contributed by atoms with Crippen LogP contribution < -0.4 is 20.5 Å². The highest BCUT2D eigenvalue weighted by atomic mass is 16.5. The van der Waals surface area contributed by atoms with Crippen LogP contribution in [0.5, 0.6) is 11.5 Å². The van der Waals surface area contributed by atoms with Crippen LogP contribution in [-0.2, 0) is 9.53 Å². The minimum absolute atomic E-state index is 0.109. The number of ether oxygens (including phenoxy) is 3. The first-order valence-corrected chi connectivity index (χ1v) is 6.90. The van der Waals surface area contributed by atoms with Gasteiger partial charge in [-0.2, -0.15) is 0 Å². The van der Waals surface area contributed by atoms with Crippen LogP contribution in [0.1, 0.15) is 13.3 Å². The number of rotatable bonds is 9. The summed E-state index contributed by atoms with van der Waals surface area (Å²) in [6.45, 7) is 2.60. The van der Waals surface area contributed by atoms with E-state index in [2.05, 4.69) is 5.32 Å². The molecule has 2 atom stereocenters. The fourth-order valence-corrected chi connectivity index (χ4v) is 1.77. The zero-order valence-corrected chi connectivity index (χ0v) is 12.8. The largest absolute Gasteiger partial charge is 0.493 e. The van der Waals surface area contributed by atoms with Gasteiger partial charge in [0.05, 0.1) is 26.2 Å². The van der Waals surface area contributed by atoms with Crippen molar-refractivity contribution in [2.24, 2.45) is 5.73 Å². The zero-order valence-electron chi connectivity index (χ0n) is 12.8. The van der Waals surface area contributed by atoms with Crippen LogP contribution in [0, 0.1) is 0 Å². The van der Waals surface area contributed by atoms with E-state index in [1.165, 1.54) is 7.11 Å². The van der Waals surface area contributed by atoms with Crippen LogP contribution in [-0.4, -0.2) is 45.4 Å². The van der Waals surface area contributed by atoms with Gasteiger partial charge in [0.25, 0.3) is 0 Å². The van der Waals surface area contributed by atoms with Gasteiger partial charge >= 0.3 is 0 Å². The van der Waals surface area contributed by atoms with Crippen molar-refractivity contribution in [2.75, 3.05) is 27.3 Å². The molecule has 21 heavy (non-hydrogen) atoms. The lowest BCUT2D eigenvalue weighted by molar-refractivity contribution is -0.123. The molecule has 0 saturated heterocycles. The van der Waals surface area contributed by atoms with Gasteiger partial charge in [-0.05, 0) is 19.1 Å². The van der Waals surface area contributed by atoms with Crippen molar-refractivity contribution in [1.29, 1.82) is 0 Å². The molecular formula is C15H24N2O4. The number of hydrogen-bond donors (Lipinski definition) is 2. The number of hydrogen-bond acceptors (Lipinski definition) is 5. The van der Waals surface area contributed by atoms with Gasteiger partial charge in [0.2, 0.25) is 5.91 Å². The summed E-state index contributed by atoms with van der Waals surface area (Å²) >= 11 is 0. The van der Waals surface area contributed by atoms with Crippen LogP contribution >= 0.6 is 0 Å². The molecule has 0 radical (unpaired) electrons. The lowest BCUT2D eigenvalue weighted by Crippen LogP contribution is -2.37. The summed E-state index contributed by atoms with van der Waals surface area (Å²) in [6, 6.07) is 7.39. The van der Waals surface area contributed by atoms with E-state index in [1.54, 1.807) is 7.11 Å². The molecule has 0 aliphatic heterocycles. The molecule has 3 N–H and O–H groups in total. The number of amides is 1. The highest BCUT2D eigenvalue weighted by Gasteiger charge is 2.13. The van der Waals surface area contributed by atoms with E-state index >= 15 is 0 Å². The number of carbonyl (C=O) groups is 1. The molecule has 118 valence electrons. The van der Waals surface area contributed by atoms with E-state index in [4.69, 9.17) is 19.9 Å². The molecule has 1 amide bonds. The minimum atomic E-state index is -0.254.